The highest BCUT2D eigenvalue weighted by molar-refractivity contribution is 9.10. The van der Waals surface area contributed by atoms with Crippen molar-refractivity contribution in [3.05, 3.63) is 58.1 Å². The number of anilines is 2. The lowest BCUT2D eigenvalue weighted by atomic mass is 10.0. The number of hydrogen-bond donors (Lipinski definition) is 1. The SMILES string of the molecule is CNC(C)c1ccc(Br)cc1N(C)c1cccc(C)c1. The van der Waals surface area contributed by atoms with Crippen molar-refractivity contribution in [2.24, 2.45) is 0 Å². The minimum Gasteiger partial charge on any atom is -0.344 e. The first-order valence-electron chi connectivity index (χ1n) is 6.80. The van der Waals surface area contributed by atoms with Gasteiger partial charge in [-0.25, -0.2) is 0 Å². The van der Waals surface area contributed by atoms with E-state index in [9.17, 15) is 0 Å². The molecule has 2 nitrogen and oxygen atoms in total. The Morgan fingerprint density at radius 3 is 2.55 bits per heavy atom. The van der Waals surface area contributed by atoms with Crippen LogP contribution in [0.5, 0.6) is 0 Å². The van der Waals surface area contributed by atoms with Crippen molar-refractivity contribution < 1.29 is 0 Å². The van der Waals surface area contributed by atoms with Crippen molar-refractivity contribution >= 4 is 27.3 Å². The Bertz CT molecular complexity index is 595. The van der Waals surface area contributed by atoms with E-state index in [2.05, 4.69) is 89.5 Å². The molecule has 1 unspecified atom stereocenters. The molecule has 1 atom stereocenters. The summed E-state index contributed by atoms with van der Waals surface area (Å²) >= 11 is 3.58. The van der Waals surface area contributed by atoms with Crippen molar-refractivity contribution in [2.75, 3.05) is 19.0 Å². The largest absolute Gasteiger partial charge is 0.344 e. The number of benzene rings is 2. The summed E-state index contributed by atoms with van der Waals surface area (Å²) in [5.41, 5.74) is 4.98. The van der Waals surface area contributed by atoms with Crippen LogP contribution in [0.4, 0.5) is 11.4 Å². The number of halogens is 1. The van der Waals surface area contributed by atoms with Gasteiger partial charge in [0.25, 0.3) is 0 Å². The molecule has 0 fully saturated rings. The van der Waals surface area contributed by atoms with E-state index in [0.717, 1.165) is 4.47 Å². The van der Waals surface area contributed by atoms with E-state index in [1.54, 1.807) is 0 Å². The van der Waals surface area contributed by atoms with Crippen LogP contribution < -0.4 is 10.2 Å². The van der Waals surface area contributed by atoms with Crippen LogP contribution in [-0.2, 0) is 0 Å². The Hall–Kier alpha value is -1.32. The summed E-state index contributed by atoms with van der Waals surface area (Å²) in [6.07, 6.45) is 0. The van der Waals surface area contributed by atoms with Gasteiger partial charge in [-0.3, -0.25) is 0 Å². The number of nitrogens with zero attached hydrogens (tertiary/aromatic N) is 1. The number of aryl methyl sites for hydroxylation is 1. The van der Waals surface area contributed by atoms with Crippen LogP contribution in [0.2, 0.25) is 0 Å². The molecular formula is C17H21BrN2. The molecule has 3 heteroatoms. The molecule has 106 valence electrons. The number of hydrogen-bond acceptors (Lipinski definition) is 2. The van der Waals surface area contributed by atoms with Crippen LogP contribution in [0.3, 0.4) is 0 Å². The van der Waals surface area contributed by atoms with Gasteiger partial charge in [0.15, 0.2) is 0 Å². The molecule has 0 heterocycles. The van der Waals surface area contributed by atoms with E-state index in [4.69, 9.17) is 0 Å². The number of nitrogens with one attached hydrogen (secondary N) is 1. The Morgan fingerprint density at radius 2 is 1.90 bits per heavy atom. The average molecular weight is 333 g/mol. The molecule has 0 aromatic heterocycles. The van der Waals surface area contributed by atoms with Crippen LogP contribution in [0.15, 0.2) is 46.9 Å². The molecule has 2 aromatic carbocycles. The highest BCUT2D eigenvalue weighted by Crippen LogP contribution is 2.33. The summed E-state index contributed by atoms with van der Waals surface area (Å²) in [6, 6.07) is 15.3. The summed E-state index contributed by atoms with van der Waals surface area (Å²) in [5, 5.41) is 3.32. The molecule has 0 spiro atoms. The predicted molar refractivity (Wildman–Crippen MR) is 90.9 cm³/mol. The maximum Gasteiger partial charge on any atom is 0.0467 e. The van der Waals surface area contributed by atoms with Gasteiger partial charge >= 0.3 is 0 Å². The Morgan fingerprint density at radius 1 is 1.15 bits per heavy atom. The fourth-order valence-electron chi connectivity index (χ4n) is 2.30. The average Bonchev–Trinajstić information content (AvgIpc) is 2.45. The van der Waals surface area contributed by atoms with Gasteiger partial charge in [-0.05, 0) is 56.3 Å². The smallest absolute Gasteiger partial charge is 0.0467 e. The fourth-order valence-corrected chi connectivity index (χ4v) is 2.65. The molecule has 0 aliphatic rings. The van der Waals surface area contributed by atoms with Crippen molar-refractivity contribution in [3.63, 3.8) is 0 Å². The maximum absolute atomic E-state index is 3.58. The van der Waals surface area contributed by atoms with Crippen molar-refractivity contribution in [2.45, 2.75) is 19.9 Å². The second kappa shape index (κ2) is 6.42. The van der Waals surface area contributed by atoms with Gasteiger partial charge < -0.3 is 10.2 Å². The molecule has 0 bridgehead atoms. The summed E-state index contributed by atoms with van der Waals surface area (Å²) in [5.74, 6) is 0. The third-order valence-corrected chi connectivity index (χ3v) is 4.14. The van der Waals surface area contributed by atoms with E-state index in [0.29, 0.717) is 6.04 Å². The van der Waals surface area contributed by atoms with Crippen LogP contribution in [-0.4, -0.2) is 14.1 Å². The molecule has 0 aliphatic heterocycles. The Kier molecular flexibility index (Phi) is 4.84. The fraction of sp³-hybridized carbons (Fsp3) is 0.294. The summed E-state index contributed by atoms with van der Waals surface area (Å²) < 4.78 is 1.10. The molecule has 0 aliphatic carbocycles. The lowest BCUT2D eigenvalue weighted by Crippen LogP contribution is -2.18. The molecule has 0 amide bonds. The maximum atomic E-state index is 3.58. The molecule has 1 N–H and O–H groups in total. The minimum atomic E-state index is 0.311. The number of rotatable bonds is 4. The zero-order valence-electron chi connectivity index (χ0n) is 12.4. The molecular weight excluding hydrogens is 312 g/mol. The third kappa shape index (κ3) is 3.22. The van der Waals surface area contributed by atoms with Crippen LogP contribution >= 0.6 is 15.9 Å². The van der Waals surface area contributed by atoms with Crippen molar-refractivity contribution in [1.82, 2.24) is 5.32 Å². The molecule has 0 radical (unpaired) electrons. The monoisotopic (exact) mass is 332 g/mol. The van der Waals surface area contributed by atoms with E-state index in [1.807, 2.05) is 7.05 Å². The van der Waals surface area contributed by atoms with Gasteiger partial charge in [0.05, 0.1) is 0 Å². The van der Waals surface area contributed by atoms with Crippen LogP contribution in [0.25, 0.3) is 0 Å². The molecule has 0 saturated heterocycles. The first-order valence-corrected chi connectivity index (χ1v) is 7.59. The topological polar surface area (TPSA) is 15.3 Å². The minimum absolute atomic E-state index is 0.311. The first-order chi connectivity index (χ1) is 9.52. The zero-order valence-corrected chi connectivity index (χ0v) is 14.0. The van der Waals surface area contributed by atoms with E-state index >= 15 is 0 Å². The Balaban J connectivity index is 2.47. The van der Waals surface area contributed by atoms with Gasteiger partial charge in [0.2, 0.25) is 0 Å². The van der Waals surface area contributed by atoms with Gasteiger partial charge in [-0.1, -0.05) is 34.1 Å². The normalized spacial score (nSPS) is 12.2. The Labute approximate surface area is 129 Å². The van der Waals surface area contributed by atoms with E-state index in [-0.39, 0.29) is 0 Å². The lowest BCUT2D eigenvalue weighted by molar-refractivity contribution is 0.652. The van der Waals surface area contributed by atoms with Crippen molar-refractivity contribution in [3.8, 4) is 0 Å². The third-order valence-electron chi connectivity index (χ3n) is 3.64. The predicted octanol–water partition coefficient (Wildman–Crippen LogP) is 4.81. The van der Waals surface area contributed by atoms with Gasteiger partial charge in [0, 0.05) is 28.9 Å². The van der Waals surface area contributed by atoms with Crippen LogP contribution in [0, 0.1) is 6.92 Å². The van der Waals surface area contributed by atoms with Gasteiger partial charge in [-0.15, -0.1) is 0 Å². The standard InChI is InChI=1S/C17H21BrN2/c1-12-6-5-7-15(10-12)20(4)17-11-14(18)8-9-16(17)13(2)19-3/h5-11,13,19H,1-4H3. The molecule has 2 aromatic rings. The second-order valence-corrected chi connectivity index (χ2v) is 6.03. The van der Waals surface area contributed by atoms with Crippen LogP contribution in [0.1, 0.15) is 24.1 Å². The zero-order chi connectivity index (χ0) is 14.7. The first kappa shape index (κ1) is 15.1. The van der Waals surface area contributed by atoms with Crippen molar-refractivity contribution in [1.29, 1.82) is 0 Å². The summed E-state index contributed by atoms with van der Waals surface area (Å²) in [7, 11) is 4.10. The molecule has 0 saturated carbocycles. The molecule has 20 heavy (non-hydrogen) atoms. The summed E-state index contributed by atoms with van der Waals surface area (Å²) in [6.45, 7) is 4.30. The summed E-state index contributed by atoms with van der Waals surface area (Å²) in [4.78, 5) is 2.24. The lowest BCUT2D eigenvalue weighted by Gasteiger charge is -2.26. The van der Waals surface area contributed by atoms with E-state index < -0.39 is 0 Å². The second-order valence-electron chi connectivity index (χ2n) is 5.11. The highest BCUT2D eigenvalue weighted by atomic mass is 79.9. The molecule has 2 rings (SSSR count). The van der Waals surface area contributed by atoms with Gasteiger partial charge in [-0.2, -0.15) is 0 Å². The quantitative estimate of drug-likeness (QED) is 0.864. The van der Waals surface area contributed by atoms with Gasteiger partial charge in [0.1, 0.15) is 0 Å². The highest BCUT2D eigenvalue weighted by Gasteiger charge is 2.14. The van der Waals surface area contributed by atoms with E-state index in [1.165, 1.54) is 22.5 Å².